The van der Waals surface area contributed by atoms with Crippen LogP contribution >= 0.6 is 0 Å². The van der Waals surface area contributed by atoms with E-state index in [1.807, 2.05) is 25.1 Å². The molecular weight excluding hydrogens is 418 g/mol. The van der Waals surface area contributed by atoms with E-state index >= 15 is 0 Å². The smallest absolute Gasteiger partial charge is 0.238 e. The van der Waals surface area contributed by atoms with Gasteiger partial charge in [-0.15, -0.1) is 0 Å². The van der Waals surface area contributed by atoms with E-state index < -0.39 is 21.9 Å². The van der Waals surface area contributed by atoms with Crippen LogP contribution in [-0.2, 0) is 14.5 Å². The zero-order valence-electron chi connectivity index (χ0n) is 17.0. The largest absolute Gasteiger partial charge is 0.468 e. The van der Waals surface area contributed by atoms with Gasteiger partial charge >= 0.3 is 0 Å². The maximum atomic E-state index is 12.5. The Hall–Kier alpha value is -2.82. The summed E-state index contributed by atoms with van der Waals surface area (Å²) in [6.45, 7) is 2.51. The zero-order chi connectivity index (χ0) is 21.4. The van der Waals surface area contributed by atoms with Gasteiger partial charge in [-0.2, -0.15) is 4.36 Å². The van der Waals surface area contributed by atoms with Gasteiger partial charge in [0.2, 0.25) is 5.88 Å². The van der Waals surface area contributed by atoms with Gasteiger partial charge < -0.3 is 19.9 Å². The minimum Gasteiger partial charge on any atom is -0.468 e. The van der Waals surface area contributed by atoms with Crippen molar-refractivity contribution in [2.24, 2.45) is 4.36 Å². The second-order valence-electron chi connectivity index (χ2n) is 7.75. The molecule has 0 amide bonds. The highest BCUT2D eigenvalue weighted by Gasteiger charge is 2.29. The fourth-order valence-corrected chi connectivity index (χ4v) is 5.14. The van der Waals surface area contributed by atoms with Crippen LogP contribution in [0.2, 0.25) is 0 Å². The van der Waals surface area contributed by atoms with E-state index in [2.05, 4.69) is 24.6 Å². The number of hydrogen-bond acceptors (Lipinski definition) is 9. The van der Waals surface area contributed by atoms with Crippen molar-refractivity contribution < 1.29 is 18.8 Å². The average molecular weight is 442 g/mol. The number of nitrogens with one attached hydrogen (secondary N) is 1. The highest BCUT2D eigenvalue weighted by Crippen LogP contribution is 2.33. The Morgan fingerprint density at radius 1 is 1.26 bits per heavy atom. The molecule has 10 heteroatoms. The number of aromatic nitrogens is 3. The van der Waals surface area contributed by atoms with Crippen LogP contribution in [-0.4, -0.2) is 61.2 Å². The van der Waals surface area contributed by atoms with Crippen LogP contribution in [0.1, 0.15) is 12.0 Å². The molecule has 2 fully saturated rings. The lowest BCUT2D eigenvalue weighted by molar-refractivity contribution is 0.0709. The summed E-state index contributed by atoms with van der Waals surface area (Å²) >= 11 is 0. The van der Waals surface area contributed by atoms with E-state index in [9.17, 15) is 9.32 Å². The van der Waals surface area contributed by atoms with E-state index in [4.69, 9.17) is 9.47 Å². The van der Waals surface area contributed by atoms with Crippen LogP contribution in [0.15, 0.2) is 41.2 Å². The number of fused-ring (bicyclic) bond motifs is 1. The number of anilines is 2. The molecule has 31 heavy (non-hydrogen) atoms. The van der Waals surface area contributed by atoms with Gasteiger partial charge in [0.15, 0.2) is 6.10 Å². The van der Waals surface area contributed by atoms with E-state index in [0.29, 0.717) is 46.7 Å². The second kappa shape index (κ2) is 8.03. The normalized spacial score (nSPS) is 22.1. The number of pyridine rings is 1. The molecule has 0 radical (unpaired) electrons. The average Bonchev–Trinajstić information content (AvgIpc) is 3.12. The standard InChI is InChI=1S/C21H23N5O4S/c1-13-8-14(26-31(28)6-3-7-31)9-16-19(13)20(24-12-23-16)25-15-4-2-5-22-21(15)30-18-11-29-10-17(18)27/h2,4-5,8-9,12,17-18,27H,3,6-7,10-11H2,1H3,(H,23,24,25)/t17-,18-/m0/s1. The Balaban J connectivity index is 1.49. The van der Waals surface area contributed by atoms with Crippen LogP contribution in [0.25, 0.3) is 10.9 Å². The maximum Gasteiger partial charge on any atom is 0.238 e. The molecule has 2 aliphatic rings. The molecule has 0 spiro atoms. The lowest BCUT2D eigenvalue weighted by atomic mass is 10.1. The highest BCUT2D eigenvalue weighted by molar-refractivity contribution is 7.95. The molecule has 3 aromatic rings. The Kier molecular flexibility index (Phi) is 5.20. The van der Waals surface area contributed by atoms with Crippen molar-refractivity contribution in [1.82, 2.24) is 15.0 Å². The van der Waals surface area contributed by atoms with Gasteiger partial charge in [0.25, 0.3) is 0 Å². The first-order valence-electron chi connectivity index (χ1n) is 10.1. The number of nitrogens with zero attached hydrogens (tertiary/aromatic N) is 4. The van der Waals surface area contributed by atoms with Crippen molar-refractivity contribution in [3.63, 3.8) is 0 Å². The van der Waals surface area contributed by atoms with Crippen molar-refractivity contribution in [1.29, 1.82) is 0 Å². The highest BCUT2D eigenvalue weighted by atomic mass is 32.2. The summed E-state index contributed by atoms with van der Waals surface area (Å²) in [5.74, 6) is 2.27. The summed E-state index contributed by atoms with van der Waals surface area (Å²) in [5, 5.41) is 14.1. The summed E-state index contributed by atoms with van der Waals surface area (Å²) in [5.41, 5.74) is 2.93. The van der Waals surface area contributed by atoms with E-state index in [1.54, 1.807) is 12.3 Å². The summed E-state index contributed by atoms with van der Waals surface area (Å²) in [7, 11) is -2.10. The van der Waals surface area contributed by atoms with Crippen molar-refractivity contribution in [3.8, 4) is 5.88 Å². The SMILES string of the molecule is Cc1cc(N=S2(=O)CCC2)cc2ncnc(Nc3cccnc3O[C@H]3COC[C@@H]3O)c12. The van der Waals surface area contributed by atoms with Crippen molar-refractivity contribution in [2.45, 2.75) is 25.6 Å². The van der Waals surface area contributed by atoms with Crippen LogP contribution in [0.5, 0.6) is 5.88 Å². The molecule has 5 rings (SSSR count). The number of rotatable bonds is 5. The number of aryl methyl sites for hydroxylation is 1. The van der Waals surface area contributed by atoms with Crippen LogP contribution < -0.4 is 10.1 Å². The molecule has 1 aromatic carbocycles. The quantitative estimate of drug-likeness (QED) is 0.620. The summed E-state index contributed by atoms with van der Waals surface area (Å²) in [6, 6.07) is 7.37. The van der Waals surface area contributed by atoms with Gasteiger partial charge in [-0.3, -0.25) is 0 Å². The van der Waals surface area contributed by atoms with E-state index in [1.165, 1.54) is 6.33 Å². The van der Waals surface area contributed by atoms with Gasteiger partial charge in [-0.25, -0.2) is 19.2 Å². The van der Waals surface area contributed by atoms with Gasteiger partial charge in [0, 0.05) is 23.1 Å². The Morgan fingerprint density at radius 3 is 2.87 bits per heavy atom. The van der Waals surface area contributed by atoms with E-state index in [-0.39, 0.29) is 6.61 Å². The monoisotopic (exact) mass is 441 g/mol. The number of hydrogen-bond donors (Lipinski definition) is 2. The molecule has 0 saturated carbocycles. The number of aliphatic hydroxyl groups excluding tert-OH is 1. The van der Waals surface area contributed by atoms with Crippen LogP contribution in [0, 0.1) is 6.92 Å². The number of ether oxygens (including phenoxy) is 2. The summed E-state index contributed by atoms with van der Waals surface area (Å²) in [6.07, 6.45) is 2.90. The minimum absolute atomic E-state index is 0.246. The number of aliphatic hydroxyl groups is 1. The van der Waals surface area contributed by atoms with Gasteiger partial charge in [0.1, 0.15) is 23.9 Å². The first-order chi connectivity index (χ1) is 15.0. The summed E-state index contributed by atoms with van der Waals surface area (Å²) < 4.78 is 28.1. The predicted octanol–water partition coefficient (Wildman–Crippen LogP) is 2.72. The zero-order valence-corrected chi connectivity index (χ0v) is 17.8. The third-order valence-electron chi connectivity index (χ3n) is 5.41. The molecule has 4 heterocycles. The maximum absolute atomic E-state index is 12.5. The fraction of sp³-hybridized carbons (Fsp3) is 0.381. The molecule has 2 N–H and O–H groups in total. The molecule has 162 valence electrons. The minimum atomic E-state index is -2.10. The lowest BCUT2D eigenvalue weighted by Crippen LogP contribution is -2.30. The topological polar surface area (TPSA) is 119 Å². The molecule has 9 nitrogen and oxygen atoms in total. The van der Waals surface area contributed by atoms with Crippen molar-refractivity contribution >= 4 is 37.8 Å². The second-order valence-corrected chi connectivity index (χ2v) is 10.3. The third-order valence-corrected chi connectivity index (χ3v) is 7.80. The molecule has 2 aliphatic heterocycles. The van der Waals surface area contributed by atoms with Crippen LogP contribution in [0.4, 0.5) is 17.2 Å². The lowest BCUT2D eigenvalue weighted by Gasteiger charge is -2.19. The first kappa shape index (κ1) is 20.1. The molecule has 2 atom stereocenters. The van der Waals surface area contributed by atoms with Crippen LogP contribution in [0.3, 0.4) is 0 Å². The summed E-state index contributed by atoms with van der Waals surface area (Å²) in [4.78, 5) is 13.1. The van der Waals surface area contributed by atoms with E-state index in [0.717, 1.165) is 17.4 Å². The number of benzene rings is 1. The molecule has 0 unspecified atom stereocenters. The Bertz CT molecular complexity index is 1250. The Labute approximate surface area is 180 Å². The first-order valence-corrected chi connectivity index (χ1v) is 12.0. The predicted molar refractivity (Wildman–Crippen MR) is 118 cm³/mol. The third kappa shape index (κ3) is 4.06. The Morgan fingerprint density at radius 2 is 2.13 bits per heavy atom. The molecular formula is C21H23N5O4S. The molecule has 2 saturated heterocycles. The molecule has 0 aliphatic carbocycles. The van der Waals surface area contributed by atoms with Crippen molar-refractivity contribution in [3.05, 3.63) is 42.4 Å². The fourth-order valence-electron chi connectivity index (χ4n) is 3.68. The van der Waals surface area contributed by atoms with Crippen molar-refractivity contribution in [2.75, 3.05) is 30.0 Å². The molecule has 0 bridgehead atoms. The van der Waals surface area contributed by atoms with Gasteiger partial charge in [0.05, 0.1) is 34.1 Å². The van der Waals surface area contributed by atoms with Gasteiger partial charge in [-0.05, 0) is 43.2 Å². The van der Waals surface area contributed by atoms with Gasteiger partial charge in [-0.1, -0.05) is 0 Å². The molecule has 2 aromatic heterocycles.